The molecule has 2 saturated heterocycles. The molecule has 2 aliphatic rings. The lowest BCUT2D eigenvalue weighted by molar-refractivity contribution is -0.151. The lowest BCUT2D eigenvalue weighted by Crippen LogP contribution is -2.51. The number of likely N-dealkylation sites (N-methyl/N-ethyl adjacent to an activating group) is 1. The Hall–Kier alpha value is -1.39. The largest absolute Gasteiger partial charge is 0.469 e. The first-order valence-electron chi connectivity index (χ1n) is 7.57. The van der Waals surface area contributed by atoms with E-state index < -0.39 is 6.10 Å². The van der Waals surface area contributed by atoms with E-state index in [1.165, 1.54) is 18.2 Å². The van der Waals surface area contributed by atoms with Gasteiger partial charge in [-0.3, -0.25) is 9.69 Å². The highest BCUT2D eigenvalue weighted by molar-refractivity contribution is 5.75. The molecule has 0 aliphatic carbocycles. The first-order valence-corrected chi connectivity index (χ1v) is 7.57. The molecule has 3 rings (SSSR count). The van der Waals surface area contributed by atoms with Gasteiger partial charge in [0.25, 0.3) is 0 Å². The van der Waals surface area contributed by atoms with Crippen LogP contribution in [0.5, 0.6) is 0 Å². The van der Waals surface area contributed by atoms with Gasteiger partial charge >= 0.3 is 5.97 Å². The summed E-state index contributed by atoms with van der Waals surface area (Å²) in [6.07, 6.45) is 1.20. The van der Waals surface area contributed by atoms with Crippen LogP contribution in [0.15, 0.2) is 24.3 Å². The minimum atomic E-state index is -0.445. The lowest BCUT2D eigenvalue weighted by atomic mass is 9.76. The van der Waals surface area contributed by atoms with Crippen molar-refractivity contribution >= 4 is 5.97 Å². The summed E-state index contributed by atoms with van der Waals surface area (Å²) in [6.45, 7) is 2.06. The second-order valence-electron chi connectivity index (χ2n) is 6.41. The second-order valence-corrected chi connectivity index (χ2v) is 6.41. The van der Waals surface area contributed by atoms with Crippen molar-refractivity contribution in [1.29, 1.82) is 0 Å². The van der Waals surface area contributed by atoms with Crippen molar-refractivity contribution < 1.29 is 14.6 Å². The van der Waals surface area contributed by atoms with Crippen LogP contribution in [0.1, 0.15) is 29.9 Å². The molecule has 0 radical (unpaired) electrons. The number of nitrogens with zero attached hydrogens (tertiary/aromatic N) is 1. The molecule has 1 aromatic rings. The van der Waals surface area contributed by atoms with Crippen LogP contribution in [-0.4, -0.2) is 48.3 Å². The van der Waals surface area contributed by atoms with Gasteiger partial charge in [0.2, 0.25) is 0 Å². The van der Waals surface area contributed by atoms with Gasteiger partial charge in [-0.05, 0) is 32.4 Å². The Labute approximate surface area is 125 Å². The van der Waals surface area contributed by atoms with Gasteiger partial charge in [0.05, 0.1) is 19.1 Å². The van der Waals surface area contributed by atoms with Crippen LogP contribution in [0.3, 0.4) is 0 Å². The van der Waals surface area contributed by atoms with E-state index in [0.717, 1.165) is 12.8 Å². The predicted octanol–water partition coefficient (Wildman–Crippen LogP) is 1.71. The van der Waals surface area contributed by atoms with Gasteiger partial charge in [-0.2, -0.15) is 0 Å². The van der Waals surface area contributed by atoms with Crippen LogP contribution in [0, 0.1) is 12.8 Å². The van der Waals surface area contributed by atoms with Crippen LogP contribution in [0.4, 0.5) is 0 Å². The quantitative estimate of drug-likeness (QED) is 0.842. The Morgan fingerprint density at radius 3 is 2.57 bits per heavy atom. The van der Waals surface area contributed by atoms with E-state index in [4.69, 9.17) is 4.74 Å². The molecular weight excluding hydrogens is 266 g/mol. The molecule has 2 unspecified atom stereocenters. The molecule has 0 spiro atoms. The topological polar surface area (TPSA) is 49.8 Å². The molecular formula is C17H23NO3. The molecule has 2 aliphatic heterocycles. The Balaban J connectivity index is 1.98. The van der Waals surface area contributed by atoms with Gasteiger partial charge in [-0.15, -0.1) is 0 Å². The summed E-state index contributed by atoms with van der Waals surface area (Å²) >= 11 is 0. The lowest BCUT2D eigenvalue weighted by Gasteiger charge is -2.42. The Kier molecular flexibility index (Phi) is 3.76. The number of piperidine rings is 1. The molecule has 2 fully saturated rings. The maximum Gasteiger partial charge on any atom is 0.310 e. The molecule has 21 heavy (non-hydrogen) atoms. The minimum Gasteiger partial charge on any atom is -0.469 e. The zero-order valence-electron chi connectivity index (χ0n) is 12.8. The van der Waals surface area contributed by atoms with Crippen LogP contribution in [0.2, 0.25) is 0 Å². The highest BCUT2D eigenvalue weighted by Gasteiger charge is 2.53. The maximum atomic E-state index is 12.3. The molecule has 2 bridgehead atoms. The summed E-state index contributed by atoms with van der Waals surface area (Å²) < 4.78 is 5.04. The van der Waals surface area contributed by atoms with E-state index >= 15 is 0 Å². The summed E-state index contributed by atoms with van der Waals surface area (Å²) in [4.78, 5) is 14.5. The monoisotopic (exact) mass is 289 g/mol. The molecule has 4 nitrogen and oxygen atoms in total. The standard InChI is InChI=1S/C17H23NO3/c1-10-4-6-11(7-5-10)13-8-12-9-14(19)16(18(12)2)15(13)17(20)21-3/h4-7,12-16,19H,8-9H2,1-3H3/t12?,13-,14-,15-,16?/m0/s1. The van der Waals surface area contributed by atoms with E-state index in [-0.39, 0.29) is 23.8 Å². The van der Waals surface area contributed by atoms with Crippen LogP contribution >= 0.6 is 0 Å². The van der Waals surface area contributed by atoms with Gasteiger partial charge in [0.15, 0.2) is 0 Å². The minimum absolute atomic E-state index is 0.126. The molecule has 5 atom stereocenters. The second kappa shape index (κ2) is 5.43. The highest BCUT2D eigenvalue weighted by atomic mass is 16.5. The number of esters is 1. The van der Waals surface area contributed by atoms with Gasteiger partial charge in [0.1, 0.15) is 0 Å². The zero-order valence-corrected chi connectivity index (χ0v) is 12.8. The fourth-order valence-corrected chi connectivity index (χ4v) is 4.13. The zero-order chi connectivity index (χ0) is 15.1. The summed E-state index contributed by atoms with van der Waals surface area (Å²) in [5.41, 5.74) is 2.39. The van der Waals surface area contributed by atoms with Gasteiger partial charge in [-0.1, -0.05) is 29.8 Å². The maximum absolute atomic E-state index is 12.3. The molecule has 0 saturated carbocycles. The molecule has 0 aromatic heterocycles. The van der Waals surface area contributed by atoms with Crippen molar-refractivity contribution in [3.05, 3.63) is 35.4 Å². The SMILES string of the molecule is COC(=O)[C@@H]1C2[C@@H](O)CC(C[C@H]1c1ccc(C)cc1)N2C. The molecule has 0 amide bonds. The number of aliphatic hydroxyl groups excluding tert-OH is 1. The third kappa shape index (κ3) is 2.36. The summed E-state index contributed by atoms with van der Waals surface area (Å²) in [5.74, 6) is -0.380. The van der Waals surface area contributed by atoms with Crippen LogP contribution in [-0.2, 0) is 9.53 Å². The van der Waals surface area contributed by atoms with Crippen molar-refractivity contribution in [2.75, 3.05) is 14.2 Å². The molecule has 114 valence electrons. The number of aryl methyl sites for hydroxylation is 1. The van der Waals surface area contributed by atoms with Crippen molar-refractivity contribution in [2.45, 2.75) is 43.9 Å². The average Bonchev–Trinajstić information content (AvgIpc) is 2.66. The summed E-state index contributed by atoms with van der Waals surface area (Å²) in [5, 5.41) is 10.3. The first-order chi connectivity index (χ1) is 10.0. The van der Waals surface area contributed by atoms with Gasteiger partial charge in [-0.25, -0.2) is 0 Å². The number of fused-ring (bicyclic) bond motifs is 2. The average molecular weight is 289 g/mol. The summed E-state index contributed by atoms with van der Waals surface area (Å²) in [7, 11) is 3.44. The van der Waals surface area contributed by atoms with Crippen molar-refractivity contribution in [3.8, 4) is 0 Å². The van der Waals surface area contributed by atoms with E-state index in [1.54, 1.807) is 0 Å². The van der Waals surface area contributed by atoms with Gasteiger partial charge in [0, 0.05) is 18.0 Å². The predicted molar refractivity (Wildman–Crippen MR) is 80.0 cm³/mol. The number of ether oxygens (including phenoxy) is 1. The van der Waals surface area contributed by atoms with E-state index in [2.05, 4.69) is 36.1 Å². The number of carbonyl (C=O) groups is 1. The van der Waals surface area contributed by atoms with Crippen molar-refractivity contribution in [2.24, 2.45) is 5.92 Å². The van der Waals surface area contributed by atoms with E-state index in [9.17, 15) is 9.90 Å². The number of carbonyl (C=O) groups excluding carboxylic acids is 1. The number of benzene rings is 1. The number of methoxy groups -OCH3 is 1. The van der Waals surface area contributed by atoms with Crippen LogP contribution in [0.25, 0.3) is 0 Å². The Morgan fingerprint density at radius 2 is 1.95 bits per heavy atom. The number of hydrogen-bond acceptors (Lipinski definition) is 4. The summed E-state index contributed by atoms with van der Waals surface area (Å²) in [6, 6.07) is 8.58. The van der Waals surface area contributed by atoms with E-state index in [1.807, 2.05) is 7.05 Å². The Bertz CT molecular complexity index is 527. The van der Waals surface area contributed by atoms with Crippen molar-refractivity contribution in [1.82, 2.24) is 4.90 Å². The number of hydrogen-bond donors (Lipinski definition) is 1. The van der Waals surface area contributed by atoms with Crippen molar-refractivity contribution in [3.63, 3.8) is 0 Å². The number of aliphatic hydroxyl groups is 1. The Morgan fingerprint density at radius 1 is 1.29 bits per heavy atom. The molecule has 4 heteroatoms. The fourth-order valence-electron chi connectivity index (χ4n) is 4.13. The van der Waals surface area contributed by atoms with Gasteiger partial charge < -0.3 is 9.84 Å². The van der Waals surface area contributed by atoms with E-state index in [0.29, 0.717) is 6.04 Å². The third-order valence-corrected chi connectivity index (χ3v) is 5.26. The highest BCUT2D eigenvalue weighted by Crippen LogP contribution is 2.46. The number of rotatable bonds is 2. The normalized spacial score (nSPS) is 35.7. The van der Waals surface area contributed by atoms with Crippen LogP contribution < -0.4 is 0 Å². The smallest absolute Gasteiger partial charge is 0.310 e. The molecule has 2 heterocycles. The first kappa shape index (κ1) is 14.5. The fraction of sp³-hybridized carbons (Fsp3) is 0.588. The molecule has 1 aromatic carbocycles. The molecule has 1 N–H and O–H groups in total. The third-order valence-electron chi connectivity index (χ3n) is 5.26.